The van der Waals surface area contributed by atoms with Gasteiger partial charge in [0, 0.05) is 16.6 Å². The van der Waals surface area contributed by atoms with E-state index in [4.69, 9.17) is 25.8 Å². The molecular weight excluding hydrogens is 444 g/mol. The zero-order valence-corrected chi connectivity index (χ0v) is 15.6. The largest absolute Gasteiger partial charge is 0.454 e. The summed E-state index contributed by atoms with van der Waals surface area (Å²) in [5.74, 6) is 0.335. The van der Waals surface area contributed by atoms with Crippen LogP contribution in [0, 0.1) is 10.1 Å². The Labute approximate surface area is 165 Å². The third-order valence-corrected chi connectivity index (χ3v) is 4.81. The lowest BCUT2D eigenvalue weighted by Gasteiger charge is -2.02. The molecule has 136 valence electrons. The molecule has 0 fully saturated rings. The first-order valence-electron chi connectivity index (χ1n) is 7.48. The van der Waals surface area contributed by atoms with Crippen LogP contribution in [0.1, 0.15) is 11.1 Å². The van der Waals surface area contributed by atoms with Crippen molar-refractivity contribution in [3.63, 3.8) is 0 Å². The number of fused-ring (bicyclic) bond motifs is 1. The molecule has 0 saturated carbocycles. The Bertz CT molecular complexity index is 1070. The fourth-order valence-electron chi connectivity index (χ4n) is 2.51. The van der Waals surface area contributed by atoms with Crippen LogP contribution in [0.15, 0.2) is 45.5 Å². The van der Waals surface area contributed by atoms with Gasteiger partial charge >= 0.3 is 5.97 Å². The Balaban J connectivity index is 1.73. The van der Waals surface area contributed by atoms with E-state index >= 15 is 0 Å². The molecule has 2 aromatic carbocycles. The second-order valence-electron chi connectivity index (χ2n) is 5.48. The van der Waals surface area contributed by atoms with Crippen LogP contribution in [0.2, 0.25) is 5.02 Å². The molecular formula is C17H8BrClN2O6. The highest BCUT2D eigenvalue weighted by Crippen LogP contribution is 2.38. The van der Waals surface area contributed by atoms with Crippen LogP contribution in [-0.4, -0.2) is 23.6 Å². The number of esters is 1. The number of non-ortho nitro benzene ring substituents is 1. The molecule has 2 heterocycles. The van der Waals surface area contributed by atoms with Crippen molar-refractivity contribution in [2.24, 2.45) is 4.99 Å². The van der Waals surface area contributed by atoms with E-state index in [0.717, 1.165) is 0 Å². The van der Waals surface area contributed by atoms with Crippen molar-refractivity contribution >= 4 is 51.2 Å². The lowest BCUT2D eigenvalue weighted by atomic mass is 10.1. The maximum Gasteiger partial charge on any atom is 0.363 e. The minimum absolute atomic E-state index is 0.0205. The SMILES string of the molecule is O=C1OC(c2cc([N+](=O)[O-])ccc2Cl)=N/C1=C/c1cc2c(cc1Br)OCO2. The number of nitrogens with zero attached hydrogens (tertiary/aromatic N) is 2. The molecule has 0 spiro atoms. The van der Waals surface area contributed by atoms with E-state index in [2.05, 4.69) is 20.9 Å². The molecule has 0 aromatic heterocycles. The first kappa shape index (κ1) is 17.5. The van der Waals surface area contributed by atoms with E-state index in [1.807, 2.05) is 0 Å². The van der Waals surface area contributed by atoms with E-state index in [1.165, 1.54) is 24.3 Å². The number of rotatable bonds is 3. The van der Waals surface area contributed by atoms with E-state index in [0.29, 0.717) is 21.5 Å². The van der Waals surface area contributed by atoms with Gasteiger partial charge in [-0.2, -0.15) is 0 Å². The average molecular weight is 452 g/mol. The highest BCUT2D eigenvalue weighted by atomic mass is 79.9. The number of nitro groups is 1. The van der Waals surface area contributed by atoms with Gasteiger partial charge in [0.05, 0.1) is 15.5 Å². The van der Waals surface area contributed by atoms with Gasteiger partial charge in [-0.3, -0.25) is 10.1 Å². The van der Waals surface area contributed by atoms with E-state index in [9.17, 15) is 14.9 Å². The molecule has 4 rings (SSSR count). The van der Waals surface area contributed by atoms with Crippen LogP contribution in [0.5, 0.6) is 11.5 Å². The zero-order valence-electron chi connectivity index (χ0n) is 13.3. The van der Waals surface area contributed by atoms with Gasteiger partial charge in [0.25, 0.3) is 5.69 Å². The van der Waals surface area contributed by atoms with Crippen LogP contribution in [-0.2, 0) is 9.53 Å². The second kappa shape index (κ2) is 6.67. The third kappa shape index (κ3) is 3.26. The van der Waals surface area contributed by atoms with Gasteiger partial charge in [0.2, 0.25) is 12.7 Å². The van der Waals surface area contributed by atoms with Gasteiger partial charge in [0.15, 0.2) is 17.2 Å². The summed E-state index contributed by atoms with van der Waals surface area (Å²) in [4.78, 5) is 26.7. The van der Waals surface area contributed by atoms with Crippen LogP contribution in [0.4, 0.5) is 5.69 Å². The predicted octanol–water partition coefficient (Wildman–Crippen LogP) is 4.08. The van der Waals surface area contributed by atoms with Gasteiger partial charge in [-0.15, -0.1) is 0 Å². The number of hydrogen-bond acceptors (Lipinski definition) is 7. The summed E-state index contributed by atoms with van der Waals surface area (Å²) in [6, 6.07) is 7.22. The molecule has 27 heavy (non-hydrogen) atoms. The van der Waals surface area contributed by atoms with Gasteiger partial charge < -0.3 is 14.2 Å². The maximum atomic E-state index is 12.2. The monoisotopic (exact) mass is 450 g/mol. The van der Waals surface area contributed by atoms with Crippen LogP contribution >= 0.6 is 27.5 Å². The molecule has 2 aromatic rings. The van der Waals surface area contributed by atoms with Crippen molar-refractivity contribution in [3.05, 3.63) is 66.8 Å². The number of halogens is 2. The van der Waals surface area contributed by atoms with Crippen molar-refractivity contribution in [1.29, 1.82) is 0 Å². The summed E-state index contributed by atoms with van der Waals surface area (Å²) in [5, 5.41) is 11.1. The number of ether oxygens (including phenoxy) is 3. The Kier molecular flexibility index (Phi) is 4.33. The third-order valence-electron chi connectivity index (χ3n) is 3.80. The number of hydrogen-bond donors (Lipinski definition) is 0. The number of carbonyl (C=O) groups is 1. The van der Waals surface area contributed by atoms with Crippen LogP contribution < -0.4 is 9.47 Å². The number of aliphatic imine (C=N–C) groups is 1. The quantitative estimate of drug-likeness (QED) is 0.302. The topological polar surface area (TPSA) is 100 Å². The molecule has 2 aliphatic rings. The second-order valence-corrected chi connectivity index (χ2v) is 6.75. The number of carbonyl (C=O) groups excluding carboxylic acids is 1. The van der Waals surface area contributed by atoms with E-state index in [1.54, 1.807) is 12.1 Å². The van der Waals surface area contributed by atoms with E-state index in [-0.39, 0.29) is 34.7 Å². The summed E-state index contributed by atoms with van der Waals surface area (Å²) in [5.41, 5.74) is 0.616. The van der Waals surface area contributed by atoms with Crippen molar-refractivity contribution < 1.29 is 23.9 Å². The smallest absolute Gasteiger partial charge is 0.363 e. The first-order chi connectivity index (χ1) is 12.9. The maximum absolute atomic E-state index is 12.2. The molecule has 8 nitrogen and oxygen atoms in total. The Morgan fingerprint density at radius 1 is 1.22 bits per heavy atom. The molecule has 0 amide bonds. The molecule has 0 N–H and O–H groups in total. The van der Waals surface area contributed by atoms with Gasteiger partial charge in [-0.1, -0.05) is 27.5 Å². The predicted molar refractivity (Wildman–Crippen MR) is 99.0 cm³/mol. The summed E-state index contributed by atoms with van der Waals surface area (Å²) in [6.07, 6.45) is 1.51. The van der Waals surface area contributed by atoms with Gasteiger partial charge in [0.1, 0.15) is 0 Å². The van der Waals surface area contributed by atoms with E-state index < -0.39 is 10.9 Å². The highest BCUT2D eigenvalue weighted by molar-refractivity contribution is 9.10. The van der Waals surface area contributed by atoms with Gasteiger partial charge in [-0.25, -0.2) is 9.79 Å². The lowest BCUT2D eigenvalue weighted by molar-refractivity contribution is -0.384. The number of nitro benzene ring substituents is 1. The zero-order chi connectivity index (χ0) is 19.1. The highest BCUT2D eigenvalue weighted by Gasteiger charge is 2.27. The summed E-state index contributed by atoms with van der Waals surface area (Å²) < 4.78 is 16.4. The molecule has 0 saturated heterocycles. The fraction of sp³-hybridized carbons (Fsp3) is 0.0588. The van der Waals surface area contributed by atoms with Gasteiger partial charge in [-0.05, 0) is 29.8 Å². The fourth-order valence-corrected chi connectivity index (χ4v) is 3.14. The Morgan fingerprint density at radius 3 is 2.70 bits per heavy atom. The summed E-state index contributed by atoms with van der Waals surface area (Å²) >= 11 is 9.47. The molecule has 10 heteroatoms. The average Bonchev–Trinajstić information content (AvgIpc) is 3.22. The van der Waals surface area contributed by atoms with Crippen molar-refractivity contribution in [2.75, 3.05) is 6.79 Å². The summed E-state index contributed by atoms with van der Waals surface area (Å²) in [6.45, 7) is 0.122. The van der Waals surface area contributed by atoms with Crippen molar-refractivity contribution in [1.82, 2.24) is 0 Å². The lowest BCUT2D eigenvalue weighted by Crippen LogP contribution is -2.06. The van der Waals surface area contributed by atoms with Crippen molar-refractivity contribution in [2.45, 2.75) is 0 Å². The summed E-state index contributed by atoms with van der Waals surface area (Å²) in [7, 11) is 0. The minimum atomic E-state index is -0.697. The molecule has 0 atom stereocenters. The normalized spacial score (nSPS) is 16.4. The number of cyclic esters (lactones) is 1. The molecule has 0 radical (unpaired) electrons. The molecule has 0 aliphatic carbocycles. The molecule has 0 bridgehead atoms. The van der Waals surface area contributed by atoms with Crippen LogP contribution in [0.3, 0.4) is 0 Å². The molecule has 2 aliphatic heterocycles. The molecule has 0 unspecified atom stereocenters. The Hall–Kier alpha value is -2.91. The first-order valence-corrected chi connectivity index (χ1v) is 8.65. The van der Waals surface area contributed by atoms with Crippen LogP contribution in [0.25, 0.3) is 6.08 Å². The van der Waals surface area contributed by atoms with Crippen molar-refractivity contribution in [3.8, 4) is 11.5 Å². The number of benzene rings is 2. The standard InChI is InChI=1S/C17H8BrClN2O6/c18-11-6-15-14(25-7-26-15)4-8(11)3-13-17(22)27-16(20-13)10-5-9(21(23)24)1-2-12(10)19/h1-6H,7H2/b13-3+. The minimum Gasteiger partial charge on any atom is -0.454 e. The Morgan fingerprint density at radius 2 is 1.96 bits per heavy atom.